The standard InChI is InChI=1S/C15H15F3N6O/c1-10-6-11(8-19)12(15(16,17)18)7-13(10)24-14(20-21-22-24)9-23-2-4-25-5-3-23/h6-7H,2-5,9H2,1H3. The number of aromatic nitrogens is 4. The van der Waals surface area contributed by atoms with E-state index >= 15 is 0 Å². The summed E-state index contributed by atoms with van der Waals surface area (Å²) >= 11 is 0. The Balaban J connectivity index is 2.00. The molecule has 0 atom stereocenters. The van der Waals surface area contributed by atoms with Crippen molar-refractivity contribution in [1.82, 2.24) is 25.1 Å². The highest BCUT2D eigenvalue weighted by atomic mass is 19.4. The third-order valence-corrected chi connectivity index (χ3v) is 3.99. The molecule has 1 aromatic carbocycles. The van der Waals surface area contributed by atoms with Crippen molar-refractivity contribution in [3.05, 3.63) is 34.6 Å². The van der Waals surface area contributed by atoms with E-state index in [9.17, 15) is 13.2 Å². The van der Waals surface area contributed by atoms with Crippen LogP contribution in [0.1, 0.15) is 22.5 Å². The molecule has 0 aliphatic carbocycles. The normalized spacial score (nSPS) is 16.0. The van der Waals surface area contributed by atoms with Crippen molar-refractivity contribution in [1.29, 1.82) is 5.26 Å². The number of morpholine rings is 1. The second-order valence-electron chi connectivity index (χ2n) is 5.69. The van der Waals surface area contributed by atoms with Crippen molar-refractivity contribution in [3.8, 4) is 11.8 Å². The van der Waals surface area contributed by atoms with Gasteiger partial charge in [-0.1, -0.05) is 0 Å². The molecule has 2 heterocycles. The fraction of sp³-hybridized carbons (Fsp3) is 0.467. The minimum atomic E-state index is -4.63. The van der Waals surface area contributed by atoms with Gasteiger partial charge < -0.3 is 4.74 Å². The van der Waals surface area contributed by atoms with Gasteiger partial charge in [-0.3, -0.25) is 4.90 Å². The lowest BCUT2D eigenvalue weighted by molar-refractivity contribution is -0.137. The second kappa shape index (κ2) is 6.78. The molecule has 1 aliphatic rings. The number of alkyl halides is 3. The topological polar surface area (TPSA) is 79.9 Å². The zero-order chi connectivity index (χ0) is 18.0. The molecular formula is C15H15F3N6O. The number of aryl methyl sites for hydroxylation is 1. The SMILES string of the molecule is Cc1cc(C#N)c(C(F)(F)F)cc1-n1nnnc1CN1CCOCC1. The minimum Gasteiger partial charge on any atom is -0.379 e. The van der Waals surface area contributed by atoms with Crippen LogP contribution in [0.3, 0.4) is 0 Å². The van der Waals surface area contributed by atoms with Gasteiger partial charge in [-0.05, 0) is 35.0 Å². The van der Waals surface area contributed by atoms with Crippen LogP contribution in [0.4, 0.5) is 13.2 Å². The molecule has 0 unspecified atom stereocenters. The Labute approximate surface area is 141 Å². The molecule has 2 aromatic rings. The van der Waals surface area contributed by atoms with Gasteiger partial charge in [-0.25, -0.2) is 0 Å². The second-order valence-corrected chi connectivity index (χ2v) is 5.69. The number of tetrazole rings is 1. The monoisotopic (exact) mass is 352 g/mol. The summed E-state index contributed by atoms with van der Waals surface area (Å²) in [4.78, 5) is 2.06. The number of hydrogen-bond acceptors (Lipinski definition) is 6. The number of ether oxygens (including phenoxy) is 1. The average Bonchev–Trinajstić information content (AvgIpc) is 3.02. The maximum atomic E-state index is 13.2. The molecular weight excluding hydrogens is 337 g/mol. The molecule has 0 bridgehead atoms. The highest BCUT2D eigenvalue weighted by molar-refractivity contribution is 5.52. The number of benzene rings is 1. The lowest BCUT2D eigenvalue weighted by Gasteiger charge is -2.25. The molecule has 1 aromatic heterocycles. The molecule has 0 radical (unpaired) electrons. The van der Waals surface area contributed by atoms with E-state index in [1.165, 1.54) is 10.7 Å². The van der Waals surface area contributed by atoms with Crippen LogP contribution in [0, 0.1) is 18.3 Å². The number of halogens is 3. The van der Waals surface area contributed by atoms with E-state index < -0.39 is 17.3 Å². The highest BCUT2D eigenvalue weighted by Crippen LogP contribution is 2.34. The molecule has 7 nitrogen and oxygen atoms in total. The Hall–Kier alpha value is -2.51. The molecule has 0 saturated carbocycles. The summed E-state index contributed by atoms with van der Waals surface area (Å²) in [5, 5.41) is 20.4. The molecule has 1 fully saturated rings. The fourth-order valence-electron chi connectivity index (χ4n) is 2.70. The maximum Gasteiger partial charge on any atom is 0.417 e. The largest absolute Gasteiger partial charge is 0.417 e. The first kappa shape index (κ1) is 17.3. The average molecular weight is 352 g/mol. The summed E-state index contributed by atoms with van der Waals surface area (Å²) in [5.74, 6) is 0.433. The van der Waals surface area contributed by atoms with E-state index in [4.69, 9.17) is 10.00 Å². The van der Waals surface area contributed by atoms with E-state index in [1.807, 2.05) is 0 Å². The van der Waals surface area contributed by atoms with Gasteiger partial charge in [0.05, 0.1) is 42.6 Å². The molecule has 132 valence electrons. The first-order valence-electron chi connectivity index (χ1n) is 7.60. The van der Waals surface area contributed by atoms with Crippen LogP contribution >= 0.6 is 0 Å². The van der Waals surface area contributed by atoms with Crippen LogP contribution in [0.15, 0.2) is 12.1 Å². The third kappa shape index (κ3) is 3.62. The summed E-state index contributed by atoms with van der Waals surface area (Å²) in [6.45, 7) is 4.61. The fourth-order valence-corrected chi connectivity index (χ4v) is 2.70. The maximum absolute atomic E-state index is 13.2. The Morgan fingerprint density at radius 3 is 2.64 bits per heavy atom. The number of nitriles is 1. The summed E-state index contributed by atoms with van der Waals surface area (Å²) < 4.78 is 46.3. The molecule has 3 rings (SSSR count). The van der Waals surface area contributed by atoms with Crippen molar-refractivity contribution < 1.29 is 17.9 Å². The minimum absolute atomic E-state index is 0.208. The van der Waals surface area contributed by atoms with E-state index in [-0.39, 0.29) is 5.69 Å². The zero-order valence-corrected chi connectivity index (χ0v) is 13.4. The molecule has 0 amide bonds. The van der Waals surface area contributed by atoms with Crippen molar-refractivity contribution >= 4 is 0 Å². The predicted molar refractivity (Wildman–Crippen MR) is 79.7 cm³/mol. The Kier molecular flexibility index (Phi) is 4.69. The summed E-state index contributed by atoms with van der Waals surface area (Å²) in [7, 11) is 0. The molecule has 1 aliphatic heterocycles. The van der Waals surface area contributed by atoms with Crippen LogP contribution in [0.5, 0.6) is 0 Å². The lowest BCUT2D eigenvalue weighted by atomic mass is 10.0. The van der Waals surface area contributed by atoms with E-state index in [1.54, 1.807) is 13.0 Å². The molecule has 10 heteroatoms. The number of hydrogen-bond donors (Lipinski definition) is 0. The van der Waals surface area contributed by atoms with Gasteiger partial charge in [0.15, 0.2) is 5.82 Å². The van der Waals surface area contributed by atoms with Crippen LogP contribution < -0.4 is 0 Å². The molecule has 0 spiro atoms. The molecule has 0 N–H and O–H groups in total. The summed E-state index contributed by atoms with van der Waals surface area (Å²) in [6, 6.07) is 3.72. The van der Waals surface area contributed by atoms with Gasteiger partial charge in [0, 0.05) is 13.1 Å². The Morgan fingerprint density at radius 2 is 2.00 bits per heavy atom. The number of rotatable bonds is 3. The predicted octanol–water partition coefficient (Wildman–Crippen LogP) is 1.69. The van der Waals surface area contributed by atoms with Crippen molar-refractivity contribution in [2.75, 3.05) is 26.3 Å². The lowest BCUT2D eigenvalue weighted by Crippen LogP contribution is -2.36. The molecule has 25 heavy (non-hydrogen) atoms. The van der Waals surface area contributed by atoms with Gasteiger partial charge in [0.2, 0.25) is 0 Å². The quantitative estimate of drug-likeness (QED) is 0.836. The summed E-state index contributed by atoms with van der Waals surface area (Å²) in [6.07, 6.45) is -4.63. The first-order chi connectivity index (χ1) is 11.9. The van der Waals surface area contributed by atoms with Crippen molar-refractivity contribution in [3.63, 3.8) is 0 Å². The van der Waals surface area contributed by atoms with Crippen LogP contribution in [0.25, 0.3) is 5.69 Å². The van der Waals surface area contributed by atoms with Crippen molar-refractivity contribution in [2.45, 2.75) is 19.6 Å². The smallest absolute Gasteiger partial charge is 0.379 e. The van der Waals surface area contributed by atoms with Crippen LogP contribution in [0.2, 0.25) is 0 Å². The van der Waals surface area contributed by atoms with Crippen molar-refractivity contribution in [2.24, 2.45) is 0 Å². The highest BCUT2D eigenvalue weighted by Gasteiger charge is 2.35. The van der Waals surface area contributed by atoms with Gasteiger partial charge in [0.1, 0.15) is 0 Å². The van der Waals surface area contributed by atoms with Gasteiger partial charge >= 0.3 is 6.18 Å². The van der Waals surface area contributed by atoms with Gasteiger partial charge in [-0.15, -0.1) is 5.10 Å². The number of nitrogens with zero attached hydrogens (tertiary/aromatic N) is 6. The Morgan fingerprint density at radius 1 is 1.28 bits per heavy atom. The van der Waals surface area contributed by atoms with E-state index in [0.717, 1.165) is 6.07 Å². The first-order valence-corrected chi connectivity index (χ1v) is 7.60. The third-order valence-electron chi connectivity index (χ3n) is 3.99. The summed E-state index contributed by atoms with van der Waals surface area (Å²) in [5.41, 5.74) is -0.723. The molecule has 1 saturated heterocycles. The van der Waals surface area contributed by atoms with Gasteiger partial charge in [0.25, 0.3) is 0 Å². The van der Waals surface area contributed by atoms with Crippen LogP contribution in [-0.2, 0) is 17.5 Å². The zero-order valence-electron chi connectivity index (χ0n) is 13.4. The van der Waals surface area contributed by atoms with Gasteiger partial charge in [-0.2, -0.15) is 23.1 Å². The van der Waals surface area contributed by atoms with Crippen LogP contribution in [-0.4, -0.2) is 51.4 Å². The van der Waals surface area contributed by atoms with E-state index in [0.29, 0.717) is 44.2 Å². The Bertz CT molecular complexity index is 805. The van der Waals surface area contributed by atoms with E-state index in [2.05, 4.69) is 20.4 Å².